The van der Waals surface area contributed by atoms with Gasteiger partial charge in [0.15, 0.2) is 0 Å². The van der Waals surface area contributed by atoms with Crippen molar-refractivity contribution in [1.29, 1.82) is 0 Å². The van der Waals surface area contributed by atoms with Crippen molar-refractivity contribution in [2.75, 3.05) is 26.2 Å². The van der Waals surface area contributed by atoms with Crippen LogP contribution in [-0.4, -0.2) is 47.2 Å². The summed E-state index contributed by atoms with van der Waals surface area (Å²) in [6, 6.07) is 9.31. The number of benzene rings is 1. The number of hydrogen-bond donors (Lipinski definition) is 2. The minimum absolute atomic E-state index is 0. The second-order valence-corrected chi connectivity index (χ2v) is 7.16. The van der Waals surface area contributed by atoms with Crippen molar-refractivity contribution in [3.8, 4) is 11.3 Å². The molecule has 5 nitrogen and oxygen atoms in total. The molecule has 0 saturated carbocycles. The van der Waals surface area contributed by atoms with E-state index >= 15 is 0 Å². The lowest BCUT2D eigenvalue weighted by atomic mass is 9.92. The van der Waals surface area contributed by atoms with Crippen LogP contribution in [0.15, 0.2) is 30.3 Å². The van der Waals surface area contributed by atoms with Gasteiger partial charge in [0.05, 0.1) is 5.69 Å². The average Bonchev–Trinajstić information content (AvgIpc) is 3.21. The fraction of sp³-hybridized carbons (Fsp3) is 0.444. The summed E-state index contributed by atoms with van der Waals surface area (Å²) in [6.45, 7) is 3.85. The van der Waals surface area contributed by atoms with E-state index < -0.39 is 0 Å². The molecule has 2 fully saturated rings. The normalized spacial score (nSPS) is 22.8. The number of aromatic nitrogens is 2. The third kappa shape index (κ3) is 3.84. The molecule has 25 heavy (non-hydrogen) atoms. The summed E-state index contributed by atoms with van der Waals surface area (Å²) < 4.78 is 0. The number of carbonyl (C=O) groups excluding carboxylic acids is 1. The van der Waals surface area contributed by atoms with Gasteiger partial charge < -0.3 is 10.2 Å². The standard InChI is InChI=1S/C18H21ClN4O.ClH/c19-15-3-1-12(2-4-15)16-9-17(22-21-16)18(24)23-7-5-13-10-20-11-14(13)6-8-23;/h1-4,9,13-14,20H,5-8,10-11H2,(H,21,22);1H/t13-,14+;. The number of hydrogen-bond acceptors (Lipinski definition) is 3. The largest absolute Gasteiger partial charge is 0.337 e. The van der Waals surface area contributed by atoms with E-state index in [9.17, 15) is 4.79 Å². The second kappa shape index (κ2) is 7.77. The molecule has 0 bridgehead atoms. The van der Waals surface area contributed by atoms with Gasteiger partial charge in [-0.3, -0.25) is 9.89 Å². The Kier molecular flexibility index (Phi) is 5.67. The molecule has 0 aliphatic carbocycles. The highest BCUT2D eigenvalue weighted by Crippen LogP contribution is 2.28. The van der Waals surface area contributed by atoms with Gasteiger partial charge >= 0.3 is 0 Å². The second-order valence-electron chi connectivity index (χ2n) is 6.72. The van der Waals surface area contributed by atoms with Crippen LogP contribution < -0.4 is 5.32 Å². The molecule has 1 aromatic carbocycles. The molecule has 2 aliphatic heterocycles. The highest BCUT2D eigenvalue weighted by Gasteiger charge is 2.32. The predicted octanol–water partition coefficient (Wildman–Crippen LogP) is 3.22. The van der Waals surface area contributed by atoms with Crippen molar-refractivity contribution in [1.82, 2.24) is 20.4 Å². The average molecular weight is 381 g/mol. The Morgan fingerprint density at radius 2 is 1.76 bits per heavy atom. The molecule has 2 aliphatic rings. The van der Waals surface area contributed by atoms with Crippen molar-refractivity contribution in [3.63, 3.8) is 0 Å². The Hall–Kier alpha value is -1.56. The van der Waals surface area contributed by atoms with E-state index in [1.54, 1.807) is 0 Å². The Morgan fingerprint density at radius 1 is 1.12 bits per heavy atom. The lowest BCUT2D eigenvalue weighted by molar-refractivity contribution is 0.0752. The van der Waals surface area contributed by atoms with Crippen molar-refractivity contribution in [2.45, 2.75) is 12.8 Å². The first-order valence-corrected chi connectivity index (χ1v) is 8.90. The molecule has 0 unspecified atom stereocenters. The summed E-state index contributed by atoms with van der Waals surface area (Å²) in [7, 11) is 0. The van der Waals surface area contributed by atoms with Crippen LogP contribution >= 0.6 is 24.0 Å². The number of rotatable bonds is 2. The van der Waals surface area contributed by atoms with Crippen LogP contribution in [0.1, 0.15) is 23.3 Å². The summed E-state index contributed by atoms with van der Waals surface area (Å²) >= 11 is 5.92. The number of aromatic amines is 1. The molecule has 134 valence electrons. The first-order valence-electron chi connectivity index (χ1n) is 8.52. The quantitative estimate of drug-likeness (QED) is 0.840. The van der Waals surface area contributed by atoms with Gasteiger partial charge in [-0.1, -0.05) is 23.7 Å². The van der Waals surface area contributed by atoms with Gasteiger partial charge in [-0.05, 0) is 56.0 Å². The third-order valence-electron chi connectivity index (χ3n) is 5.25. The number of nitrogens with zero attached hydrogens (tertiary/aromatic N) is 2. The smallest absolute Gasteiger partial charge is 0.271 e. The van der Waals surface area contributed by atoms with Crippen LogP contribution in [0.5, 0.6) is 0 Å². The Bertz CT molecular complexity index is 717. The van der Waals surface area contributed by atoms with Crippen LogP contribution in [0.2, 0.25) is 5.02 Å². The van der Waals surface area contributed by atoms with Crippen LogP contribution in [0.3, 0.4) is 0 Å². The molecular formula is C18H22Cl2N4O. The minimum Gasteiger partial charge on any atom is -0.337 e. The molecule has 1 aromatic heterocycles. The van der Waals surface area contributed by atoms with E-state index in [0.29, 0.717) is 22.6 Å². The molecule has 2 atom stereocenters. The lowest BCUT2D eigenvalue weighted by Crippen LogP contribution is -2.33. The zero-order chi connectivity index (χ0) is 16.5. The van der Waals surface area contributed by atoms with Crippen molar-refractivity contribution < 1.29 is 4.79 Å². The van der Waals surface area contributed by atoms with Crippen molar-refractivity contribution in [3.05, 3.63) is 41.0 Å². The molecule has 0 radical (unpaired) electrons. The summed E-state index contributed by atoms with van der Waals surface area (Å²) in [5.41, 5.74) is 2.28. The van der Waals surface area contributed by atoms with Crippen molar-refractivity contribution in [2.24, 2.45) is 11.8 Å². The Morgan fingerprint density at radius 3 is 2.40 bits per heavy atom. The highest BCUT2D eigenvalue weighted by molar-refractivity contribution is 6.30. The molecule has 0 spiro atoms. The van der Waals surface area contributed by atoms with Crippen LogP contribution in [0, 0.1) is 11.8 Å². The number of likely N-dealkylation sites (tertiary alicyclic amines) is 1. The van der Waals surface area contributed by atoms with E-state index in [1.165, 1.54) is 0 Å². The molecule has 2 saturated heterocycles. The first kappa shape index (κ1) is 18.2. The lowest BCUT2D eigenvalue weighted by Gasteiger charge is -2.19. The summed E-state index contributed by atoms with van der Waals surface area (Å²) in [5, 5.41) is 11.3. The van der Waals surface area contributed by atoms with E-state index in [-0.39, 0.29) is 18.3 Å². The summed E-state index contributed by atoms with van der Waals surface area (Å²) in [5.74, 6) is 1.49. The van der Waals surface area contributed by atoms with E-state index in [4.69, 9.17) is 11.6 Å². The van der Waals surface area contributed by atoms with Crippen molar-refractivity contribution >= 4 is 29.9 Å². The monoisotopic (exact) mass is 380 g/mol. The topological polar surface area (TPSA) is 61.0 Å². The van der Waals surface area contributed by atoms with Crippen LogP contribution in [0.25, 0.3) is 11.3 Å². The van der Waals surface area contributed by atoms with E-state index in [0.717, 1.165) is 50.3 Å². The number of H-pyrrole nitrogens is 1. The number of amides is 1. The number of halogens is 2. The molecule has 2 aromatic rings. The predicted molar refractivity (Wildman–Crippen MR) is 101 cm³/mol. The Balaban J connectivity index is 0.00000182. The zero-order valence-corrected chi connectivity index (χ0v) is 15.4. The first-order chi connectivity index (χ1) is 11.7. The summed E-state index contributed by atoms with van der Waals surface area (Å²) in [6.07, 6.45) is 2.17. The van der Waals surface area contributed by atoms with Gasteiger partial charge in [0, 0.05) is 23.7 Å². The maximum Gasteiger partial charge on any atom is 0.271 e. The Labute approximate surface area is 158 Å². The molecule has 3 heterocycles. The zero-order valence-electron chi connectivity index (χ0n) is 13.9. The molecule has 1 amide bonds. The van der Waals surface area contributed by atoms with Gasteiger partial charge in [0.1, 0.15) is 5.69 Å². The van der Waals surface area contributed by atoms with Gasteiger partial charge in [-0.25, -0.2) is 0 Å². The van der Waals surface area contributed by atoms with Crippen LogP contribution in [-0.2, 0) is 0 Å². The van der Waals surface area contributed by atoms with E-state index in [1.807, 2.05) is 35.2 Å². The third-order valence-corrected chi connectivity index (χ3v) is 5.51. The maximum atomic E-state index is 12.8. The van der Waals surface area contributed by atoms with Crippen LogP contribution in [0.4, 0.5) is 0 Å². The summed E-state index contributed by atoms with van der Waals surface area (Å²) in [4.78, 5) is 14.8. The fourth-order valence-electron chi connectivity index (χ4n) is 3.79. The number of carbonyl (C=O) groups is 1. The van der Waals surface area contributed by atoms with Gasteiger partial charge in [0.2, 0.25) is 0 Å². The minimum atomic E-state index is 0. The molecule has 4 rings (SSSR count). The fourth-order valence-corrected chi connectivity index (χ4v) is 3.92. The number of fused-ring (bicyclic) bond motifs is 1. The number of nitrogens with one attached hydrogen (secondary N) is 2. The molecule has 2 N–H and O–H groups in total. The van der Waals surface area contributed by atoms with Gasteiger partial charge in [-0.2, -0.15) is 5.10 Å². The van der Waals surface area contributed by atoms with E-state index in [2.05, 4.69) is 15.5 Å². The maximum absolute atomic E-state index is 12.8. The SMILES string of the molecule is Cl.O=C(c1cc(-c2ccc(Cl)cc2)n[nH]1)N1CC[C@@H]2CNC[C@@H]2CC1. The van der Waals surface area contributed by atoms with Gasteiger partial charge in [0.25, 0.3) is 5.91 Å². The molecule has 7 heteroatoms. The van der Waals surface area contributed by atoms with Gasteiger partial charge in [-0.15, -0.1) is 12.4 Å². The highest BCUT2D eigenvalue weighted by atomic mass is 35.5. The molecular weight excluding hydrogens is 359 g/mol.